The number of non-ortho nitro benzene ring substituents is 1. The van der Waals surface area contributed by atoms with Gasteiger partial charge in [0.15, 0.2) is 0 Å². The minimum atomic E-state index is -0.457. The molecule has 0 atom stereocenters. The number of rotatable bonds is 6. The van der Waals surface area contributed by atoms with Gasteiger partial charge in [-0.05, 0) is 36.9 Å². The van der Waals surface area contributed by atoms with Crippen molar-refractivity contribution in [1.29, 1.82) is 0 Å². The highest BCUT2D eigenvalue weighted by Crippen LogP contribution is 2.24. The molecule has 0 saturated heterocycles. The van der Waals surface area contributed by atoms with Gasteiger partial charge in [-0.15, -0.1) is 10.2 Å². The Morgan fingerprint density at radius 2 is 1.81 bits per heavy atom. The number of hydrogen-bond acceptors (Lipinski definition) is 6. The zero-order valence-electron chi connectivity index (χ0n) is 13.7. The molecule has 2 aromatic carbocycles. The summed E-state index contributed by atoms with van der Waals surface area (Å²) in [5.41, 5.74) is 1.65. The highest BCUT2D eigenvalue weighted by atomic mass is 35.5. The van der Waals surface area contributed by atoms with Crippen molar-refractivity contribution in [2.45, 2.75) is 13.1 Å². The maximum atomic E-state index is 10.7. The number of nitrogens with zero attached hydrogens (tertiary/aromatic N) is 4. The topological polar surface area (TPSA) is 85.3 Å². The first-order valence-electron chi connectivity index (χ1n) is 7.62. The lowest BCUT2D eigenvalue weighted by atomic mass is 10.2. The van der Waals surface area contributed by atoms with Gasteiger partial charge in [-0.2, -0.15) is 0 Å². The first-order valence-corrected chi connectivity index (χ1v) is 8.37. The third kappa shape index (κ3) is 4.37. The number of benzene rings is 2. The molecule has 0 fully saturated rings. The van der Waals surface area contributed by atoms with Gasteiger partial charge in [0.25, 0.3) is 5.69 Å². The Morgan fingerprint density at radius 3 is 2.46 bits per heavy atom. The number of hydrogen-bond donors (Lipinski definition) is 0. The minimum Gasteiger partial charge on any atom is -0.419 e. The average molecular weight is 393 g/mol. The predicted octanol–water partition coefficient (Wildman–Crippen LogP) is 4.58. The Morgan fingerprint density at radius 1 is 1.08 bits per heavy atom. The van der Waals surface area contributed by atoms with E-state index in [0.717, 1.165) is 5.56 Å². The van der Waals surface area contributed by atoms with E-state index in [4.69, 9.17) is 27.6 Å². The highest BCUT2D eigenvalue weighted by molar-refractivity contribution is 6.42. The molecule has 9 heteroatoms. The van der Waals surface area contributed by atoms with Crippen molar-refractivity contribution < 1.29 is 9.34 Å². The van der Waals surface area contributed by atoms with Crippen molar-refractivity contribution >= 4 is 28.9 Å². The summed E-state index contributed by atoms with van der Waals surface area (Å²) >= 11 is 11.9. The van der Waals surface area contributed by atoms with Crippen LogP contribution in [0.15, 0.2) is 46.9 Å². The Hall–Kier alpha value is -2.48. The molecule has 7 nitrogen and oxygen atoms in total. The second-order valence-corrected chi connectivity index (χ2v) is 6.54. The number of aromatic nitrogens is 2. The van der Waals surface area contributed by atoms with Gasteiger partial charge in [0.1, 0.15) is 0 Å². The van der Waals surface area contributed by atoms with E-state index < -0.39 is 4.92 Å². The number of nitro benzene ring substituents is 1. The van der Waals surface area contributed by atoms with Crippen LogP contribution in [0, 0.1) is 10.1 Å². The number of nitro groups is 1. The summed E-state index contributed by atoms with van der Waals surface area (Å²) in [6, 6.07) is 11.4. The molecule has 134 valence electrons. The minimum absolute atomic E-state index is 0.00912. The lowest BCUT2D eigenvalue weighted by Crippen LogP contribution is -2.17. The molecule has 0 N–H and O–H groups in total. The van der Waals surface area contributed by atoms with Gasteiger partial charge in [0, 0.05) is 24.2 Å². The molecule has 26 heavy (non-hydrogen) atoms. The van der Waals surface area contributed by atoms with E-state index in [1.807, 2.05) is 24.1 Å². The van der Waals surface area contributed by atoms with Gasteiger partial charge in [-0.25, -0.2) is 0 Å². The van der Waals surface area contributed by atoms with Gasteiger partial charge in [-0.3, -0.25) is 15.0 Å². The summed E-state index contributed by atoms with van der Waals surface area (Å²) in [6.45, 7) is 1.08. The fourth-order valence-electron chi connectivity index (χ4n) is 2.40. The second kappa shape index (κ2) is 7.82. The van der Waals surface area contributed by atoms with Crippen molar-refractivity contribution in [3.8, 4) is 11.5 Å². The Balaban J connectivity index is 1.65. The van der Waals surface area contributed by atoms with Crippen LogP contribution in [0.25, 0.3) is 11.5 Å². The summed E-state index contributed by atoms with van der Waals surface area (Å²) in [6.07, 6.45) is 0. The van der Waals surface area contributed by atoms with E-state index in [1.165, 1.54) is 12.1 Å². The first-order chi connectivity index (χ1) is 12.4. The normalized spacial score (nSPS) is 11.1. The van der Waals surface area contributed by atoms with Crippen molar-refractivity contribution in [3.05, 3.63) is 74.1 Å². The van der Waals surface area contributed by atoms with E-state index in [1.54, 1.807) is 18.2 Å². The molecule has 3 rings (SSSR count). The van der Waals surface area contributed by atoms with Crippen LogP contribution >= 0.6 is 23.2 Å². The maximum absolute atomic E-state index is 10.7. The van der Waals surface area contributed by atoms with Gasteiger partial charge in [0.2, 0.25) is 11.8 Å². The largest absolute Gasteiger partial charge is 0.419 e. The van der Waals surface area contributed by atoms with E-state index in [2.05, 4.69) is 10.2 Å². The third-order valence-electron chi connectivity index (χ3n) is 3.63. The van der Waals surface area contributed by atoms with E-state index in [9.17, 15) is 10.1 Å². The Bertz CT molecular complexity index is 928. The zero-order valence-corrected chi connectivity index (χ0v) is 15.2. The quantitative estimate of drug-likeness (QED) is 0.450. The zero-order chi connectivity index (χ0) is 18.7. The van der Waals surface area contributed by atoms with Gasteiger partial charge >= 0.3 is 0 Å². The van der Waals surface area contributed by atoms with Crippen LogP contribution in [-0.4, -0.2) is 27.1 Å². The Labute approximate surface area is 159 Å². The van der Waals surface area contributed by atoms with Crippen molar-refractivity contribution in [2.75, 3.05) is 7.05 Å². The summed E-state index contributed by atoms with van der Waals surface area (Å²) in [4.78, 5) is 12.2. The SMILES string of the molecule is CN(Cc1ccc(Cl)c(Cl)c1)Cc1nnc(-c2ccc([N+](=O)[O-])cc2)o1. The molecule has 3 aromatic rings. The summed E-state index contributed by atoms with van der Waals surface area (Å²) in [5, 5.41) is 19.7. The van der Waals surface area contributed by atoms with Crippen LogP contribution < -0.4 is 0 Å². The second-order valence-electron chi connectivity index (χ2n) is 5.73. The molecule has 0 aliphatic rings. The molecule has 1 aromatic heterocycles. The van der Waals surface area contributed by atoms with Crippen LogP contribution in [0.4, 0.5) is 5.69 Å². The Kier molecular flexibility index (Phi) is 5.51. The molecule has 0 bridgehead atoms. The smallest absolute Gasteiger partial charge is 0.269 e. The van der Waals surface area contributed by atoms with Gasteiger partial charge in [-0.1, -0.05) is 29.3 Å². The molecule has 0 saturated carbocycles. The van der Waals surface area contributed by atoms with Crippen LogP contribution in [0.2, 0.25) is 10.0 Å². The summed E-state index contributed by atoms with van der Waals surface area (Å²) in [7, 11) is 1.91. The van der Waals surface area contributed by atoms with Crippen molar-refractivity contribution in [1.82, 2.24) is 15.1 Å². The molecule has 0 radical (unpaired) electrons. The van der Waals surface area contributed by atoms with Crippen LogP contribution in [0.5, 0.6) is 0 Å². The van der Waals surface area contributed by atoms with E-state index >= 15 is 0 Å². The van der Waals surface area contributed by atoms with Crippen LogP contribution in [-0.2, 0) is 13.1 Å². The lowest BCUT2D eigenvalue weighted by Gasteiger charge is -2.14. The first kappa shape index (κ1) is 18.3. The highest BCUT2D eigenvalue weighted by Gasteiger charge is 2.13. The standard InChI is InChI=1S/C17H14Cl2N4O3/c1-22(9-11-2-7-14(18)15(19)8-11)10-16-20-21-17(26-16)12-3-5-13(6-4-12)23(24)25/h2-8H,9-10H2,1H3. The van der Waals surface area contributed by atoms with Crippen molar-refractivity contribution in [3.63, 3.8) is 0 Å². The van der Waals surface area contributed by atoms with Gasteiger partial charge in [0.05, 0.1) is 21.5 Å². The summed E-state index contributed by atoms with van der Waals surface area (Å²) < 4.78 is 5.64. The molecular weight excluding hydrogens is 379 g/mol. The lowest BCUT2D eigenvalue weighted by molar-refractivity contribution is -0.384. The fourth-order valence-corrected chi connectivity index (χ4v) is 2.72. The van der Waals surface area contributed by atoms with E-state index in [-0.39, 0.29) is 5.69 Å². The molecular formula is C17H14Cl2N4O3. The monoisotopic (exact) mass is 392 g/mol. The average Bonchev–Trinajstić information content (AvgIpc) is 3.06. The molecule has 0 aliphatic carbocycles. The van der Waals surface area contributed by atoms with E-state index in [0.29, 0.717) is 40.5 Å². The molecule has 0 unspecified atom stereocenters. The van der Waals surface area contributed by atoms with Crippen molar-refractivity contribution in [2.24, 2.45) is 0 Å². The predicted molar refractivity (Wildman–Crippen MR) is 98.0 cm³/mol. The molecule has 0 amide bonds. The summed E-state index contributed by atoms with van der Waals surface area (Å²) in [5.74, 6) is 0.763. The van der Waals surface area contributed by atoms with Crippen LogP contribution in [0.1, 0.15) is 11.5 Å². The maximum Gasteiger partial charge on any atom is 0.269 e. The fraction of sp³-hybridized carbons (Fsp3) is 0.176. The van der Waals surface area contributed by atoms with Crippen LogP contribution in [0.3, 0.4) is 0 Å². The third-order valence-corrected chi connectivity index (χ3v) is 4.37. The molecule has 0 aliphatic heterocycles. The van der Waals surface area contributed by atoms with Gasteiger partial charge < -0.3 is 4.42 Å². The molecule has 0 spiro atoms. The molecule has 1 heterocycles. The number of halogens is 2.